The van der Waals surface area contributed by atoms with Gasteiger partial charge in [-0.3, -0.25) is 9.59 Å². The number of fused-ring (bicyclic) bond motifs is 1. The largest absolute Gasteiger partial charge is 0.479 e. The second kappa shape index (κ2) is 7.47. The van der Waals surface area contributed by atoms with Crippen LogP contribution in [0.5, 0.6) is 5.75 Å². The zero-order valence-electron chi connectivity index (χ0n) is 14.5. The Hall–Kier alpha value is -1.53. The summed E-state index contributed by atoms with van der Waals surface area (Å²) in [4.78, 5) is 42.0. The van der Waals surface area contributed by atoms with Crippen LogP contribution < -0.4 is 4.84 Å². The number of hydrogen-bond donors (Lipinski definition) is 2. The highest BCUT2D eigenvalue weighted by Gasteiger charge is 2.69. The number of carbonyl (C=O) groups is 3. The smallest absolute Gasteiger partial charge is 0.341 e. The van der Waals surface area contributed by atoms with Gasteiger partial charge in [0.25, 0.3) is 5.91 Å². The Balaban J connectivity index is 2.08. The highest BCUT2D eigenvalue weighted by molar-refractivity contribution is 14.1. The van der Waals surface area contributed by atoms with E-state index in [0.29, 0.717) is 10.2 Å². The van der Waals surface area contributed by atoms with Crippen molar-refractivity contribution in [3.05, 3.63) is 30.3 Å². The van der Waals surface area contributed by atoms with Gasteiger partial charge in [0, 0.05) is 11.4 Å². The number of carboxylic acid groups (broad SMARTS) is 1. The summed E-state index contributed by atoms with van der Waals surface area (Å²) in [5, 5.41) is 21.8. The number of alkyl halides is 1. The molecule has 0 aliphatic carbocycles. The molecule has 0 spiro atoms. The molecule has 8 nitrogen and oxygen atoms in total. The molecule has 2 N–H and O–H groups in total. The Morgan fingerprint density at radius 2 is 2.07 bits per heavy atom. The summed E-state index contributed by atoms with van der Waals surface area (Å²) in [5.74, 6) is -1.90. The number of aliphatic carboxylic acids is 1. The maximum absolute atomic E-state index is 12.5. The number of hydroxylamine groups is 2. The van der Waals surface area contributed by atoms with Crippen molar-refractivity contribution in [1.82, 2.24) is 9.96 Å². The number of para-hydroxylation sites is 1. The number of carbonyl (C=O) groups excluding carboxylic acids is 2. The van der Waals surface area contributed by atoms with Crippen molar-refractivity contribution in [1.29, 1.82) is 0 Å². The quantitative estimate of drug-likeness (QED) is 0.261. The molecule has 3 rings (SSSR count). The molecule has 1 aromatic rings. The molecule has 3 atom stereocenters. The van der Waals surface area contributed by atoms with E-state index in [-0.39, 0.29) is 24.1 Å². The van der Waals surface area contributed by atoms with Crippen molar-refractivity contribution in [2.75, 3.05) is 11.0 Å². The minimum absolute atomic E-state index is 0.173. The summed E-state index contributed by atoms with van der Waals surface area (Å²) in [7, 11) is 0. The molecule has 2 amide bonds. The van der Waals surface area contributed by atoms with Gasteiger partial charge in [-0.15, -0.1) is 11.8 Å². The minimum Gasteiger partial charge on any atom is -0.479 e. The summed E-state index contributed by atoms with van der Waals surface area (Å²) < 4.78 is 0.475. The molecule has 146 valence electrons. The zero-order valence-corrected chi connectivity index (χ0v) is 17.5. The molecule has 2 fully saturated rings. The molecule has 2 aliphatic rings. The van der Waals surface area contributed by atoms with Crippen molar-refractivity contribution >= 4 is 52.1 Å². The molecule has 2 aliphatic heterocycles. The fourth-order valence-corrected chi connectivity index (χ4v) is 6.31. The molecule has 0 bridgehead atoms. The maximum Gasteiger partial charge on any atom is 0.341 e. The third-order valence-electron chi connectivity index (χ3n) is 4.73. The summed E-state index contributed by atoms with van der Waals surface area (Å²) >= 11 is 3.17. The summed E-state index contributed by atoms with van der Waals surface area (Å²) in [6.45, 7) is 0.871. The van der Waals surface area contributed by atoms with Crippen LogP contribution in [0.3, 0.4) is 0 Å². The number of rotatable bonds is 6. The lowest BCUT2D eigenvalue weighted by molar-refractivity contribution is -0.213. The van der Waals surface area contributed by atoms with Crippen molar-refractivity contribution in [2.24, 2.45) is 0 Å². The van der Waals surface area contributed by atoms with Crippen LogP contribution >= 0.6 is 34.4 Å². The van der Waals surface area contributed by atoms with Crippen LogP contribution in [-0.2, 0) is 14.4 Å². The third kappa shape index (κ3) is 3.27. The van der Waals surface area contributed by atoms with Crippen LogP contribution in [0.25, 0.3) is 0 Å². The van der Waals surface area contributed by atoms with Crippen molar-refractivity contribution < 1.29 is 29.4 Å². The van der Waals surface area contributed by atoms with Crippen molar-refractivity contribution in [3.8, 4) is 5.75 Å². The lowest BCUT2D eigenvalue weighted by atomic mass is 9.88. The first-order chi connectivity index (χ1) is 12.7. The SMILES string of the molecule is CC(=O)N(Oc1ccccc1)C1(CCI)S[C@@H]2CC(=O)N2CC1(O)C(=O)O. The summed E-state index contributed by atoms with van der Waals surface area (Å²) in [6.07, 6.45) is 0.409. The second-order valence-corrected chi connectivity index (χ2v) is 8.94. The van der Waals surface area contributed by atoms with Gasteiger partial charge < -0.3 is 20.0 Å². The molecule has 0 aromatic heterocycles. The molecule has 10 heteroatoms. The Labute approximate surface area is 173 Å². The fourth-order valence-electron chi connectivity index (χ4n) is 3.34. The van der Waals surface area contributed by atoms with Gasteiger partial charge in [-0.25, -0.2) is 4.79 Å². The highest BCUT2D eigenvalue weighted by Crippen LogP contribution is 2.53. The zero-order chi connectivity index (χ0) is 19.8. The van der Waals surface area contributed by atoms with Crippen LogP contribution in [0.4, 0.5) is 0 Å². The molecule has 1 aromatic carbocycles. The molecule has 2 heterocycles. The van der Waals surface area contributed by atoms with E-state index in [1.807, 2.05) is 0 Å². The topological polar surface area (TPSA) is 107 Å². The third-order valence-corrected chi connectivity index (χ3v) is 7.06. The Bertz CT molecular complexity index is 765. The van der Waals surface area contributed by atoms with Gasteiger partial charge in [0.05, 0.1) is 18.3 Å². The van der Waals surface area contributed by atoms with Gasteiger partial charge in [0.15, 0.2) is 10.6 Å². The van der Waals surface area contributed by atoms with E-state index >= 15 is 0 Å². The van der Waals surface area contributed by atoms with Gasteiger partial charge in [-0.05, 0) is 18.6 Å². The van der Waals surface area contributed by atoms with Crippen LogP contribution in [0.15, 0.2) is 30.3 Å². The number of aliphatic hydroxyl groups is 1. The number of carboxylic acids is 1. The van der Waals surface area contributed by atoms with E-state index in [4.69, 9.17) is 4.84 Å². The van der Waals surface area contributed by atoms with E-state index in [1.54, 1.807) is 30.3 Å². The summed E-state index contributed by atoms with van der Waals surface area (Å²) in [5.41, 5.74) is -2.38. The van der Waals surface area contributed by atoms with Gasteiger partial charge in [0.1, 0.15) is 0 Å². The molecule has 2 unspecified atom stereocenters. The van der Waals surface area contributed by atoms with Gasteiger partial charge in [-0.2, -0.15) is 5.06 Å². The van der Waals surface area contributed by atoms with Crippen LogP contribution in [0, 0.1) is 0 Å². The predicted molar refractivity (Wildman–Crippen MR) is 106 cm³/mol. The Morgan fingerprint density at radius 3 is 2.59 bits per heavy atom. The Kier molecular flexibility index (Phi) is 5.59. The first kappa shape index (κ1) is 20.2. The standard InChI is InChI=1S/C17H19IN2O6S/c1-11(21)20(26-12-5-3-2-4-6-12)17(7-8-18)16(25,15(23)24)10-19-13(22)9-14(19)27-17/h2-6,14,25H,7-10H2,1H3,(H,23,24)/t14-,16?,17?/m1/s1. The molecule has 27 heavy (non-hydrogen) atoms. The molecular formula is C17H19IN2O6S. The van der Waals surface area contributed by atoms with Crippen LogP contribution in [0.1, 0.15) is 19.8 Å². The van der Waals surface area contributed by atoms with E-state index in [1.165, 1.54) is 11.8 Å². The monoisotopic (exact) mass is 506 g/mol. The number of hydrogen-bond acceptors (Lipinski definition) is 6. The van der Waals surface area contributed by atoms with Crippen molar-refractivity contribution in [3.63, 3.8) is 0 Å². The molecule has 0 saturated carbocycles. The summed E-state index contributed by atoms with van der Waals surface area (Å²) in [6, 6.07) is 8.51. The van der Waals surface area contributed by atoms with Crippen LogP contribution in [0.2, 0.25) is 0 Å². The highest BCUT2D eigenvalue weighted by atomic mass is 127. The molecular weight excluding hydrogens is 487 g/mol. The average Bonchev–Trinajstić information content (AvgIpc) is 2.63. The van der Waals surface area contributed by atoms with E-state index in [2.05, 4.69) is 22.6 Å². The first-order valence-corrected chi connectivity index (χ1v) is 10.7. The normalized spacial score (nSPS) is 29.5. The number of thioether (sulfide) groups is 1. The maximum atomic E-state index is 12.5. The second-order valence-electron chi connectivity index (χ2n) is 6.40. The predicted octanol–water partition coefficient (Wildman–Crippen LogP) is 1.47. The Morgan fingerprint density at radius 1 is 1.41 bits per heavy atom. The number of halogens is 1. The number of benzene rings is 1. The number of amides is 2. The lowest BCUT2D eigenvalue weighted by Crippen LogP contribution is -2.77. The van der Waals surface area contributed by atoms with E-state index in [0.717, 1.165) is 16.8 Å². The minimum atomic E-state index is -2.38. The lowest BCUT2D eigenvalue weighted by Gasteiger charge is -2.58. The number of β-lactam (4-membered cyclic amide) rings is 1. The van der Waals surface area contributed by atoms with E-state index in [9.17, 15) is 24.6 Å². The van der Waals surface area contributed by atoms with Crippen molar-refractivity contribution in [2.45, 2.75) is 35.6 Å². The molecule has 0 radical (unpaired) electrons. The van der Waals surface area contributed by atoms with Gasteiger partial charge in [-0.1, -0.05) is 40.8 Å². The average molecular weight is 506 g/mol. The fraction of sp³-hybridized carbons (Fsp3) is 0.471. The first-order valence-electron chi connectivity index (χ1n) is 8.28. The molecule has 2 saturated heterocycles. The van der Waals surface area contributed by atoms with Gasteiger partial charge in [0.2, 0.25) is 11.5 Å². The van der Waals surface area contributed by atoms with E-state index < -0.39 is 28.9 Å². The van der Waals surface area contributed by atoms with Gasteiger partial charge >= 0.3 is 5.97 Å². The van der Waals surface area contributed by atoms with Crippen LogP contribution in [-0.4, -0.2) is 64.8 Å². The number of nitrogens with zero attached hydrogens (tertiary/aromatic N) is 2.